The lowest BCUT2D eigenvalue weighted by atomic mass is 10.1. The van der Waals surface area contributed by atoms with Crippen LogP contribution in [-0.4, -0.2) is 48.8 Å². The molecule has 0 atom stereocenters. The van der Waals surface area contributed by atoms with Gasteiger partial charge in [0.2, 0.25) is 5.91 Å². The lowest BCUT2D eigenvalue weighted by Gasteiger charge is -2.31. The number of nitrogens with zero attached hydrogens (tertiary/aromatic N) is 6. The number of carbonyl (C=O) groups is 1. The Labute approximate surface area is 172 Å². The van der Waals surface area contributed by atoms with Crippen LogP contribution in [0.4, 0.5) is 5.82 Å². The molecule has 1 fully saturated rings. The maximum Gasteiger partial charge on any atom is 0.219 e. The van der Waals surface area contributed by atoms with E-state index in [4.69, 9.17) is 15.4 Å². The van der Waals surface area contributed by atoms with Crippen molar-refractivity contribution in [1.82, 2.24) is 29.8 Å². The Bertz CT molecular complexity index is 1210. The van der Waals surface area contributed by atoms with Crippen molar-refractivity contribution in [3.63, 3.8) is 0 Å². The normalized spacial score (nSPS) is 15.0. The highest BCUT2D eigenvalue weighted by Gasteiger charge is 2.27. The molecule has 1 aliphatic heterocycles. The van der Waals surface area contributed by atoms with Crippen LogP contribution < -0.4 is 5.73 Å². The molecule has 0 aliphatic carbocycles. The van der Waals surface area contributed by atoms with E-state index in [1.54, 1.807) is 6.92 Å². The van der Waals surface area contributed by atoms with Gasteiger partial charge in [-0.3, -0.25) is 4.79 Å². The van der Waals surface area contributed by atoms with Crippen molar-refractivity contribution < 1.29 is 9.32 Å². The Balaban J connectivity index is 1.56. The molecule has 0 unspecified atom stereocenters. The van der Waals surface area contributed by atoms with Gasteiger partial charge in [-0.05, 0) is 12.8 Å². The van der Waals surface area contributed by atoms with Crippen molar-refractivity contribution in [3.8, 4) is 22.7 Å². The number of fused-ring (bicyclic) bond motifs is 1. The number of carbonyl (C=O) groups excluding carboxylic acids is 1. The lowest BCUT2D eigenvalue weighted by Crippen LogP contribution is -2.37. The molecule has 4 heterocycles. The minimum atomic E-state index is 0.0991. The van der Waals surface area contributed by atoms with Gasteiger partial charge in [-0.2, -0.15) is 5.10 Å². The Kier molecular flexibility index (Phi) is 4.42. The van der Waals surface area contributed by atoms with Crippen LogP contribution in [0, 0.1) is 0 Å². The Hall–Kier alpha value is -3.75. The van der Waals surface area contributed by atoms with Gasteiger partial charge in [0.15, 0.2) is 11.4 Å². The first-order valence-corrected chi connectivity index (χ1v) is 9.88. The number of likely N-dealkylation sites (tertiary alicyclic amines) is 1. The summed E-state index contributed by atoms with van der Waals surface area (Å²) in [5, 5.41) is 9.73. The molecule has 152 valence electrons. The number of amides is 1. The van der Waals surface area contributed by atoms with E-state index in [1.165, 1.54) is 6.33 Å². The van der Waals surface area contributed by atoms with Gasteiger partial charge in [0.25, 0.3) is 0 Å². The van der Waals surface area contributed by atoms with E-state index in [1.807, 2.05) is 46.0 Å². The fraction of sp³-hybridized carbons (Fsp3) is 0.286. The van der Waals surface area contributed by atoms with Crippen LogP contribution in [-0.2, 0) is 4.79 Å². The predicted octanol–water partition coefficient (Wildman–Crippen LogP) is 2.91. The molecule has 0 bridgehead atoms. The van der Waals surface area contributed by atoms with E-state index in [0.717, 1.165) is 18.4 Å². The summed E-state index contributed by atoms with van der Waals surface area (Å²) in [6, 6.07) is 11.7. The highest BCUT2D eigenvalue weighted by molar-refractivity contribution is 5.97. The molecule has 1 aliphatic rings. The molecule has 1 amide bonds. The average molecular weight is 403 g/mol. The third-order valence-electron chi connectivity index (χ3n) is 5.58. The van der Waals surface area contributed by atoms with Crippen molar-refractivity contribution >= 4 is 22.8 Å². The van der Waals surface area contributed by atoms with Gasteiger partial charge >= 0.3 is 0 Å². The quantitative estimate of drug-likeness (QED) is 0.559. The van der Waals surface area contributed by atoms with E-state index in [-0.39, 0.29) is 11.9 Å². The molecule has 0 spiro atoms. The van der Waals surface area contributed by atoms with Gasteiger partial charge in [0.1, 0.15) is 23.5 Å². The van der Waals surface area contributed by atoms with Gasteiger partial charge in [0.05, 0.1) is 11.4 Å². The van der Waals surface area contributed by atoms with E-state index < -0.39 is 0 Å². The maximum atomic E-state index is 11.7. The van der Waals surface area contributed by atoms with Gasteiger partial charge in [0, 0.05) is 31.6 Å². The zero-order valence-corrected chi connectivity index (χ0v) is 16.5. The van der Waals surface area contributed by atoms with Crippen LogP contribution in [0.25, 0.3) is 33.7 Å². The summed E-state index contributed by atoms with van der Waals surface area (Å²) in [7, 11) is 0. The van der Waals surface area contributed by atoms with Crippen molar-refractivity contribution in [3.05, 3.63) is 42.7 Å². The fourth-order valence-electron chi connectivity index (χ4n) is 3.98. The second-order valence-corrected chi connectivity index (χ2v) is 7.43. The number of hydrogen-bond acceptors (Lipinski definition) is 7. The number of rotatable bonds is 3. The number of aromatic nitrogens is 5. The minimum absolute atomic E-state index is 0.0991. The van der Waals surface area contributed by atoms with E-state index >= 15 is 0 Å². The summed E-state index contributed by atoms with van der Waals surface area (Å²) in [6.07, 6.45) is 3.05. The van der Waals surface area contributed by atoms with Gasteiger partial charge in [-0.25, -0.2) is 14.6 Å². The second kappa shape index (κ2) is 7.25. The molecule has 9 nitrogen and oxygen atoms in total. The molecule has 1 aromatic carbocycles. The highest BCUT2D eigenvalue weighted by atomic mass is 16.5. The number of nitrogens with two attached hydrogens (primary N) is 1. The molecule has 5 rings (SSSR count). The molecular weight excluding hydrogens is 382 g/mol. The zero-order valence-electron chi connectivity index (χ0n) is 16.5. The van der Waals surface area contributed by atoms with E-state index in [9.17, 15) is 4.79 Å². The Morgan fingerprint density at radius 2 is 1.93 bits per heavy atom. The van der Waals surface area contributed by atoms with Crippen molar-refractivity contribution in [2.24, 2.45) is 0 Å². The molecular formula is C21H21N7O2. The standard InChI is InChI=1S/C21H21N7O2/c1-13(29)27-9-7-15(8-10-27)28-21-18(20(22)23-12-24-21)19(25-28)16-11-17(30-26-16)14-5-3-2-4-6-14/h2-6,11-12,15H,7-10H2,1H3,(H2,22,23,24). The first-order chi connectivity index (χ1) is 14.6. The smallest absolute Gasteiger partial charge is 0.219 e. The van der Waals surface area contributed by atoms with Crippen LogP contribution in [0.5, 0.6) is 0 Å². The Morgan fingerprint density at radius 3 is 2.67 bits per heavy atom. The summed E-state index contributed by atoms with van der Waals surface area (Å²) < 4.78 is 7.46. The molecule has 9 heteroatoms. The topological polar surface area (TPSA) is 116 Å². The Morgan fingerprint density at radius 1 is 1.17 bits per heavy atom. The summed E-state index contributed by atoms with van der Waals surface area (Å²) in [6.45, 7) is 2.99. The fourth-order valence-corrected chi connectivity index (χ4v) is 3.98. The third kappa shape index (κ3) is 3.08. The molecule has 30 heavy (non-hydrogen) atoms. The maximum absolute atomic E-state index is 11.7. The van der Waals surface area contributed by atoms with E-state index in [2.05, 4.69) is 15.1 Å². The first-order valence-electron chi connectivity index (χ1n) is 9.88. The molecule has 1 saturated heterocycles. The molecule has 0 radical (unpaired) electrons. The van der Waals surface area contributed by atoms with Crippen LogP contribution in [0.1, 0.15) is 25.8 Å². The largest absolute Gasteiger partial charge is 0.383 e. The third-order valence-corrected chi connectivity index (χ3v) is 5.58. The molecule has 3 aromatic heterocycles. The van der Waals surface area contributed by atoms with Gasteiger partial charge < -0.3 is 15.2 Å². The van der Waals surface area contributed by atoms with Crippen LogP contribution in [0.2, 0.25) is 0 Å². The number of hydrogen-bond donors (Lipinski definition) is 1. The number of benzene rings is 1. The summed E-state index contributed by atoms with van der Waals surface area (Å²) in [5.41, 5.74) is 8.99. The number of anilines is 1. The molecule has 0 saturated carbocycles. The van der Waals surface area contributed by atoms with Crippen LogP contribution in [0.15, 0.2) is 47.2 Å². The monoisotopic (exact) mass is 403 g/mol. The highest BCUT2D eigenvalue weighted by Crippen LogP contribution is 2.35. The lowest BCUT2D eigenvalue weighted by molar-refractivity contribution is -0.130. The first kappa shape index (κ1) is 18.3. The van der Waals surface area contributed by atoms with Crippen molar-refractivity contribution in [2.75, 3.05) is 18.8 Å². The second-order valence-electron chi connectivity index (χ2n) is 7.43. The average Bonchev–Trinajstić information content (AvgIpc) is 3.40. The predicted molar refractivity (Wildman–Crippen MR) is 111 cm³/mol. The zero-order chi connectivity index (χ0) is 20.7. The van der Waals surface area contributed by atoms with Crippen LogP contribution in [0.3, 0.4) is 0 Å². The van der Waals surface area contributed by atoms with Crippen molar-refractivity contribution in [2.45, 2.75) is 25.8 Å². The van der Waals surface area contributed by atoms with Crippen molar-refractivity contribution in [1.29, 1.82) is 0 Å². The minimum Gasteiger partial charge on any atom is -0.383 e. The van der Waals surface area contributed by atoms with Crippen LogP contribution >= 0.6 is 0 Å². The summed E-state index contributed by atoms with van der Waals surface area (Å²) in [4.78, 5) is 22.1. The summed E-state index contributed by atoms with van der Waals surface area (Å²) >= 11 is 0. The van der Waals surface area contributed by atoms with Gasteiger partial charge in [-0.1, -0.05) is 35.5 Å². The molecule has 2 N–H and O–H groups in total. The number of nitrogen functional groups attached to an aromatic ring is 1. The van der Waals surface area contributed by atoms with E-state index in [0.29, 0.717) is 47.1 Å². The SMILES string of the molecule is CC(=O)N1CCC(n2nc(-c3cc(-c4ccccc4)on3)c3c(N)ncnc32)CC1. The summed E-state index contributed by atoms with van der Waals surface area (Å²) in [5.74, 6) is 1.10. The van der Waals surface area contributed by atoms with Gasteiger partial charge in [-0.15, -0.1) is 0 Å². The number of piperidine rings is 1. The molecule has 4 aromatic rings.